The van der Waals surface area contributed by atoms with Crippen molar-refractivity contribution in [1.29, 1.82) is 5.41 Å². The van der Waals surface area contributed by atoms with Crippen LogP contribution in [0.2, 0.25) is 0 Å². The van der Waals surface area contributed by atoms with Gasteiger partial charge in [0.2, 0.25) is 11.8 Å². The van der Waals surface area contributed by atoms with Crippen molar-refractivity contribution in [3.63, 3.8) is 0 Å². The zero-order chi connectivity index (χ0) is 27.2. The fourth-order valence-electron chi connectivity index (χ4n) is 4.95. The first kappa shape index (κ1) is 26.4. The zero-order valence-corrected chi connectivity index (χ0v) is 22.6. The fourth-order valence-corrected chi connectivity index (χ4v) is 5.83. The Kier molecular flexibility index (Phi) is 8.18. The summed E-state index contributed by atoms with van der Waals surface area (Å²) in [6.45, 7) is 2.44. The molecule has 198 valence electrons. The number of nitrogens with zero attached hydrogens (tertiary/aromatic N) is 1. The van der Waals surface area contributed by atoms with Crippen LogP contribution < -0.4 is 10.1 Å². The summed E-state index contributed by atoms with van der Waals surface area (Å²) in [6, 6.07) is 28.3. The van der Waals surface area contributed by atoms with Gasteiger partial charge in [0.1, 0.15) is 17.5 Å². The second-order valence-electron chi connectivity index (χ2n) is 9.80. The number of amides is 2. The van der Waals surface area contributed by atoms with Crippen molar-refractivity contribution in [2.24, 2.45) is 0 Å². The number of para-hydroxylation sites is 1. The average molecular weight is 538 g/mol. The van der Waals surface area contributed by atoms with Gasteiger partial charge in [0.25, 0.3) is 0 Å². The van der Waals surface area contributed by atoms with Gasteiger partial charge in [-0.2, -0.15) is 0 Å². The molecule has 0 spiro atoms. The molecule has 39 heavy (non-hydrogen) atoms. The minimum absolute atomic E-state index is 0.0693. The molecule has 1 aromatic heterocycles. The summed E-state index contributed by atoms with van der Waals surface area (Å²) in [6.07, 6.45) is 2.09. The van der Waals surface area contributed by atoms with E-state index in [9.17, 15) is 9.59 Å². The van der Waals surface area contributed by atoms with Gasteiger partial charge in [0.15, 0.2) is 0 Å². The SMILES string of the molecule is C[C@@H](NC(=O)C1C[C@@H](c2ccccc2)CN1C(=O)Cc1ccc(Oc2ccccc2)cc1)c1cc(C=N)cs1. The van der Waals surface area contributed by atoms with Crippen LogP contribution in [0.4, 0.5) is 0 Å². The van der Waals surface area contributed by atoms with E-state index in [4.69, 9.17) is 10.1 Å². The Balaban J connectivity index is 1.29. The highest BCUT2D eigenvalue weighted by Gasteiger charge is 2.40. The summed E-state index contributed by atoms with van der Waals surface area (Å²) in [7, 11) is 0. The van der Waals surface area contributed by atoms with E-state index >= 15 is 0 Å². The van der Waals surface area contributed by atoms with Crippen molar-refractivity contribution in [3.05, 3.63) is 118 Å². The van der Waals surface area contributed by atoms with E-state index in [-0.39, 0.29) is 30.2 Å². The molecule has 4 aromatic rings. The Labute approximate surface area is 232 Å². The highest BCUT2D eigenvalue weighted by molar-refractivity contribution is 7.10. The van der Waals surface area contributed by atoms with Crippen LogP contribution in [-0.4, -0.2) is 35.5 Å². The molecule has 1 unspecified atom stereocenters. The van der Waals surface area contributed by atoms with Crippen LogP contribution in [0.15, 0.2) is 96.4 Å². The molecule has 1 aliphatic heterocycles. The number of nitrogens with one attached hydrogen (secondary N) is 2. The summed E-state index contributed by atoms with van der Waals surface area (Å²) >= 11 is 1.52. The molecular weight excluding hydrogens is 506 g/mol. The van der Waals surface area contributed by atoms with E-state index < -0.39 is 6.04 Å². The van der Waals surface area contributed by atoms with Gasteiger partial charge < -0.3 is 20.4 Å². The molecule has 0 aliphatic carbocycles. The topological polar surface area (TPSA) is 82.5 Å². The number of carbonyl (C=O) groups excluding carboxylic acids is 2. The first-order chi connectivity index (χ1) is 19.0. The molecule has 3 aromatic carbocycles. The van der Waals surface area contributed by atoms with Gasteiger partial charge >= 0.3 is 0 Å². The highest BCUT2D eigenvalue weighted by atomic mass is 32.1. The number of ether oxygens (including phenoxy) is 1. The van der Waals surface area contributed by atoms with Crippen LogP contribution in [0.1, 0.15) is 46.9 Å². The second kappa shape index (κ2) is 12.1. The van der Waals surface area contributed by atoms with E-state index in [2.05, 4.69) is 17.4 Å². The fraction of sp³-hybridized carbons (Fsp3) is 0.219. The summed E-state index contributed by atoms with van der Waals surface area (Å²) in [5.41, 5.74) is 2.82. The maximum Gasteiger partial charge on any atom is 0.243 e. The van der Waals surface area contributed by atoms with Crippen molar-refractivity contribution in [3.8, 4) is 11.5 Å². The molecule has 0 saturated carbocycles. The largest absolute Gasteiger partial charge is 0.457 e. The molecule has 5 rings (SSSR count). The Hall–Kier alpha value is -4.23. The Bertz CT molecular complexity index is 1420. The molecule has 1 aliphatic rings. The van der Waals surface area contributed by atoms with Crippen molar-refractivity contribution in [1.82, 2.24) is 10.2 Å². The second-order valence-corrected chi connectivity index (χ2v) is 10.7. The van der Waals surface area contributed by atoms with Gasteiger partial charge in [-0.25, -0.2) is 0 Å². The van der Waals surface area contributed by atoms with E-state index in [1.165, 1.54) is 17.6 Å². The monoisotopic (exact) mass is 537 g/mol. The lowest BCUT2D eigenvalue weighted by molar-refractivity contribution is -0.138. The van der Waals surface area contributed by atoms with E-state index in [0.29, 0.717) is 18.7 Å². The first-order valence-corrected chi connectivity index (χ1v) is 13.9. The van der Waals surface area contributed by atoms with Gasteiger partial charge in [-0.1, -0.05) is 60.7 Å². The van der Waals surface area contributed by atoms with Crippen molar-refractivity contribution >= 4 is 29.4 Å². The summed E-state index contributed by atoms with van der Waals surface area (Å²) in [5, 5.41) is 12.5. The molecule has 2 N–H and O–H groups in total. The van der Waals surface area contributed by atoms with Gasteiger partial charge in [0, 0.05) is 29.1 Å². The van der Waals surface area contributed by atoms with E-state index in [1.54, 1.807) is 4.90 Å². The lowest BCUT2D eigenvalue weighted by Gasteiger charge is -2.25. The number of likely N-dealkylation sites (tertiary alicyclic amines) is 1. The molecule has 2 amide bonds. The number of hydrogen-bond acceptors (Lipinski definition) is 5. The van der Waals surface area contributed by atoms with Crippen molar-refractivity contribution in [2.75, 3.05) is 6.54 Å². The van der Waals surface area contributed by atoms with Crippen LogP contribution in [0.3, 0.4) is 0 Å². The number of benzene rings is 3. The van der Waals surface area contributed by atoms with Crippen LogP contribution in [0.25, 0.3) is 0 Å². The molecule has 7 heteroatoms. The van der Waals surface area contributed by atoms with Gasteiger partial charge in [0.05, 0.1) is 12.5 Å². The van der Waals surface area contributed by atoms with Crippen molar-refractivity contribution < 1.29 is 14.3 Å². The third kappa shape index (κ3) is 6.44. The quantitative estimate of drug-likeness (QED) is 0.244. The Morgan fingerprint density at radius 1 is 1.03 bits per heavy atom. The molecule has 2 heterocycles. The lowest BCUT2D eigenvalue weighted by Crippen LogP contribution is -2.46. The van der Waals surface area contributed by atoms with Crippen LogP contribution >= 0.6 is 11.3 Å². The maximum absolute atomic E-state index is 13.6. The molecule has 1 fully saturated rings. The van der Waals surface area contributed by atoms with Crippen LogP contribution in [0, 0.1) is 5.41 Å². The van der Waals surface area contributed by atoms with Gasteiger partial charge in [-0.3, -0.25) is 9.59 Å². The minimum Gasteiger partial charge on any atom is -0.457 e. The summed E-state index contributed by atoms with van der Waals surface area (Å²) in [5.74, 6) is 1.33. The average Bonchev–Trinajstić information content (AvgIpc) is 3.64. The molecule has 1 saturated heterocycles. The Morgan fingerprint density at radius 2 is 1.69 bits per heavy atom. The summed E-state index contributed by atoms with van der Waals surface area (Å²) < 4.78 is 5.87. The third-order valence-corrected chi connectivity index (χ3v) is 8.18. The standard InChI is InChI=1S/C32H31N3O3S/c1-22(30-16-24(19-33)21-39-30)34-32(37)29-18-26(25-8-4-2-5-9-25)20-35(29)31(36)17-23-12-14-28(15-13-23)38-27-10-6-3-7-11-27/h2-16,19,21-22,26,29,33H,17-18,20H2,1H3,(H,34,37)/t22-,26-,29?/m1/s1. The Morgan fingerprint density at radius 3 is 2.36 bits per heavy atom. The predicted molar refractivity (Wildman–Crippen MR) is 155 cm³/mol. The molecule has 0 radical (unpaired) electrons. The zero-order valence-electron chi connectivity index (χ0n) is 21.7. The predicted octanol–water partition coefficient (Wildman–Crippen LogP) is 6.34. The summed E-state index contributed by atoms with van der Waals surface area (Å²) in [4.78, 5) is 29.8. The highest BCUT2D eigenvalue weighted by Crippen LogP contribution is 2.33. The van der Waals surface area contributed by atoms with Gasteiger partial charge in [-0.15, -0.1) is 11.3 Å². The number of rotatable bonds is 9. The number of thiophene rings is 1. The van der Waals surface area contributed by atoms with E-state index in [0.717, 1.165) is 27.3 Å². The maximum atomic E-state index is 13.6. The lowest BCUT2D eigenvalue weighted by atomic mass is 9.96. The van der Waals surface area contributed by atoms with Crippen molar-refractivity contribution in [2.45, 2.75) is 37.8 Å². The molecule has 3 atom stereocenters. The van der Waals surface area contributed by atoms with E-state index in [1.807, 2.05) is 91.2 Å². The molecule has 6 nitrogen and oxygen atoms in total. The molecular formula is C32H31N3O3S. The minimum atomic E-state index is -0.548. The van der Waals surface area contributed by atoms with Gasteiger partial charge in [-0.05, 0) is 60.2 Å². The third-order valence-electron chi connectivity index (χ3n) is 7.04. The smallest absolute Gasteiger partial charge is 0.243 e. The normalized spacial score (nSPS) is 17.4. The van der Waals surface area contributed by atoms with Crippen LogP contribution in [-0.2, 0) is 16.0 Å². The first-order valence-electron chi connectivity index (χ1n) is 13.1. The molecule has 0 bridgehead atoms. The number of hydrogen-bond donors (Lipinski definition) is 2. The van der Waals surface area contributed by atoms with Crippen LogP contribution in [0.5, 0.6) is 11.5 Å². The number of carbonyl (C=O) groups is 2.